The Bertz CT molecular complexity index is 70.6. The van der Waals surface area contributed by atoms with E-state index in [1.54, 1.807) is 14.2 Å². The predicted molar refractivity (Wildman–Crippen MR) is 32.6 cm³/mol. The van der Waals surface area contributed by atoms with Crippen LogP contribution < -0.4 is 4.98 Å². The monoisotopic (exact) mass is 133 g/mol. The van der Waals surface area contributed by atoms with Gasteiger partial charge in [0.2, 0.25) is 0 Å². The topological polar surface area (TPSA) is 30.5 Å². The summed E-state index contributed by atoms with van der Waals surface area (Å²) in [6.45, 7) is 1.05. The molecule has 0 atom stereocenters. The van der Waals surface area contributed by atoms with Gasteiger partial charge >= 0.3 is 8.72 Å². The molecule has 0 unspecified atom stereocenters. The second-order valence-corrected chi connectivity index (χ2v) is 5.01. The summed E-state index contributed by atoms with van der Waals surface area (Å²) in [6.07, 6.45) is 0. The van der Waals surface area contributed by atoms with Crippen LogP contribution in [-0.2, 0) is 8.85 Å². The lowest BCUT2D eigenvalue weighted by Gasteiger charge is -2.35. The molecule has 3 nitrogen and oxygen atoms in total. The Morgan fingerprint density at radius 1 is 1.38 bits per heavy atom. The minimum atomic E-state index is -1.74. The van der Waals surface area contributed by atoms with E-state index >= 15 is 0 Å². The van der Waals surface area contributed by atoms with Gasteiger partial charge in [-0.1, -0.05) is 0 Å². The molecule has 0 spiro atoms. The van der Waals surface area contributed by atoms with Crippen molar-refractivity contribution in [1.29, 1.82) is 0 Å². The van der Waals surface area contributed by atoms with E-state index in [4.69, 9.17) is 8.85 Å². The van der Waals surface area contributed by atoms with Gasteiger partial charge in [0.1, 0.15) is 0 Å². The third-order valence-electron chi connectivity index (χ3n) is 1.51. The minimum Gasteiger partial charge on any atom is -0.386 e. The number of rotatable bonds is 2. The Hall–Kier alpha value is 0.0969. The molecule has 0 saturated carbocycles. The molecule has 1 N–H and O–H groups in total. The van der Waals surface area contributed by atoms with Crippen LogP contribution in [0.2, 0.25) is 6.04 Å². The third kappa shape index (κ3) is 0.797. The Labute approximate surface area is 50.3 Å². The van der Waals surface area contributed by atoms with E-state index < -0.39 is 8.72 Å². The molecule has 1 heterocycles. The largest absolute Gasteiger partial charge is 0.425 e. The van der Waals surface area contributed by atoms with E-state index in [1.807, 2.05) is 0 Å². The van der Waals surface area contributed by atoms with Gasteiger partial charge in [0.25, 0.3) is 0 Å². The summed E-state index contributed by atoms with van der Waals surface area (Å²) in [6, 6.07) is 1.08. The number of hydrogen-bond acceptors (Lipinski definition) is 3. The highest BCUT2D eigenvalue weighted by molar-refractivity contribution is 6.67. The molecule has 0 aromatic rings. The van der Waals surface area contributed by atoms with Crippen LogP contribution in [0.15, 0.2) is 0 Å². The lowest BCUT2D eigenvalue weighted by molar-refractivity contribution is 0.209. The molecule has 1 aliphatic rings. The summed E-state index contributed by atoms with van der Waals surface area (Å²) >= 11 is 0. The van der Waals surface area contributed by atoms with Crippen molar-refractivity contribution in [2.24, 2.45) is 0 Å². The third-order valence-corrected chi connectivity index (χ3v) is 4.52. The van der Waals surface area contributed by atoms with Crippen molar-refractivity contribution in [1.82, 2.24) is 4.98 Å². The molecule has 8 heavy (non-hydrogen) atoms. The summed E-state index contributed by atoms with van der Waals surface area (Å²) in [5.41, 5.74) is 0. The van der Waals surface area contributed by atoms with Crippen LogP contribution in [0.25, 0.3) is 0 Å². The minimum absolute atomic E-state index is 1.05. The van der Waals surface area contributed by atoms with Crippen LogP contribution in [0.4, 0.5) is 0 Å². The Kier molecular flexibility index (Phi) is 1.67. The smallest absolute Gasteiger partial charge is 0.386 e. The van der Waals surface area contributed by atoms with Gasteiger partial charge in [-0.25, -0.2) is 0 Å². The summed E-state index contributed by atoms with van der Waals surface area (Å²) in [7, 11) is 1.65. The maximum Gasteiger partial charge on any atom is 0.425 e. The first kappa shape index (κ1) is 6.22. The van der Waals surface area contributed by atoms with E-state index in [9.17, 15) is 0 Å². The average molecular weight is 133 g/mol. The molecule has 0 bridgehead atoms. The molecule has 0 aromatic heterocycles. The summed E-state index contributed by atoms with van der Waals surface area (Å²) in [4.78, 5) is 3.15. The molecule has 4 heteroatoms. The van der Waals surface area contributed by atoms with E-state index in [2.05, 4.69) is 4.98 Å². The first-order valence-electron chi connectivity index (χ1n) is 2.68. The molecule has 0 aromatic carbocycles. The Balaban J connectivity index is 2.33. The zero-order chi connectivity index (χ0) is 6.04. The highest BCUT2D eigenvalue weighted by Gasteiger charge is 2.42. The van der Waals surface area contributed by atoms with Gasteiger partial charge in [0, 0.05) is 20.3 Å². The quantitative estimate of drug-likeness (QED) is 0.530. The van der Waals surface area contributed by atoms with Crippen molar-refractivity contribution in [3.05, 3.63) is 0 Å². The van der Waals surface area contributed by atoms with Crippen LogP contribution in [-0.4, -0.2) is 29.5 Å². The molecule has 1 rings (SSSR count). The SMILES string of the molecule is CO[Si]1(OC)CCN1. The summed E-state index contributed by atoms with van der Waals surface area (Å²) in [5.74, 6) is 0. The van der Waals surface area contributed by atoms with E-state index in [-0.39, 0.29) is 0 Å². The molecule has 1 aliphatic heterocycles. The van der Waals surface area contributed by atoms with Gasteiger partial charge in [-0.3, -0.25) is 4.98 Å². The number of hydrogen-bond donors (Lipinski definition) is 1. The van der Waals surface area contributed by atoms with Crippen molar-refractivity contribution in [3.63, 3.8) is 0 Å². The fraction of sp³-hybridized carbons (Fsp3) is 1.00. The summed E-state index contributed by atoms with van der Waals surface area (Å²) < 4.78 is 10.3. The first-order chi connectivity index (χ1) is 3.83. The fourth-order valence-electron chi connectivity index (χ4n) is 0.761. The lowest BCUT2D eigenvalue weighted by Crippen LogP contribution is -2.64. The van der Waals surface area contributed by atoms with Crippen molar-refractivity contribution in [2.45, 2.75) is 6.04 Å². The lowest BCUT2D eigenvalue weighted by atomic mass is 10.8. The zero-order valence-electron chi connectivity index (χ0n) is 5.23. The van der Waals surface area contributed by atoms with E-state index in [0.717, 1.165) is 12.6 Å². The highest BCUT2D eigenvalue weighted by Crippen LogP contribution is 2.14. The molecule has 0 aliphatic carbocycles. The molecular weight excluding hydrogens is 122 g/mol. The molecule has 0 radical (unpaired) electrons. The second kappa shape index (κ2) is 2.14. The van der Waals surface area contributed by atoms with E-state index in [0.29, 0.717) is 0 Å². The molecule has 1 saturated heterocycles. The maximum atomic E-state index is 5.13. The second-order valence-electron chi connectivity index (χ2n) is 1.84. The highest BCUT2D eigenvalue weighted by atomic mass is 28.4. The summed E-state index contributed by atoms with van der Waals surface area (Å²) in [5, 5.41) is 0. The normalized spacial score (nSPS) is 24.8. The zero-order valence-corrected chi connectivity index (χ0v) is 6.23. The van der Waals surface area contributed by atoms with Crippen LogP contribution in [0.5, 0.6) is 0 Å². The van der Waals surface area contributed by atoms with Gasteiger partial charge in [-0.05, 0) is 6.54 Å². The van der Waals surface area contributed by atoms with Crippen molar-refractivity contribution < 1.29 is 8.85 Å². The predicted octanol–water partition coefficient (Wildman–Crippen LogP) is -0.179. The molecule has 1 fully saturated rings. The van der Waals surface area contributed by atoms with Crippen molar-refractivity contribution in [2.75, 3.05) is 20.8 Å². The van der Waals surface area contributed by atoms with Gasteiger partial charge in [0.05, 0.1) is 0 Å². The Morgan fingerprint density at radius 3 is 1.88 bits per heavy atom. The van der Waals surface area contributed by atoms with Crippen molar-refractivity contribution in [3.8, 4) is 0 Å². The number of nitrogens with one attached hydrogen (secondary N) is 1. The van der Waals surface area contributed by atoms with Crippen LogP contribution in [0.1, 0.15) is 0 Å². The standard InChI is InChI=1S/C4H11NO2Si/c1-6-8(7-2)4-3-5-8/h5H,3-4H2,1-2H3. The molecule has 0 amide bonds. The van der Waals surface area contributed by atoms with Gasteiger partial charge < -0.3 is 8.85 Å². The fourth-order valence-corrected chi connectivity index (χ4v) is 2.28. The average Bonchev–Trinajstić information content (AvgIpc) is 1.67. The van der Waals surface area contributed by atoms with Gasteiger partial charge in [-0.15, -0.1) is 0 Å². The van der Waals surface area contributed by atoms with Crippen molar-refractivity contribution >= 4 is 8.72 Å². The molecular formula is C4H11NO2Si. The van der Waals surface area contributed by atoms with Gasteiger partial charge in [0.15, 0.2) is 0 Å². The van der Waals surface area contributed by atoms with Crippen LogP contribution in [0, 0.1) is 0 Å². The molecule has 48 valence electrons. The van der Waals surface area contributed by atoms with Crippen LogP contribution >= 0.6 is 0 Å². The first-order valence-corrected chi connectivity index (χ1v) is 4.71. The van der Waals surface area contributed by atoms with Crippen LogP contribution in [0.3, 0.4) is 0 Å². The maximum absolute atomic E-state index is 5.13. The van der Waals surface area contributed by atoms with E-state index in [1.165, 1.54) is 0 Å². The van der Waals surface area contributed by atoms with Gasteiger partial charge in [-0.2, -0.15) is 0 Å². The Morgan fingerprint density at radius 2 is 1.88 bits per heavy atom.